The number of carbonyl (C=O) groups is 1. The first-order valence-electron chi connectivity index (χ1n) is 7.14. The van der Waals surface area contributed by atoms with E-state index in [4.69, 9.17) is 4.74 Å². The monoisotopic (exact) mass is 266 g/mol. The summed E-state index contributed by atoms with van der Waals surface area (Å²) in [7, 11) is 0. The van der Waals surface area contributed by atoms with Gasteiger partial charge in [-0.3, -0.25) is 0 Å². The minimum Gasteiger partial charge on any atom is -0.423 e. The molecule has 5 atom stereocenters. The molecule has 2 saturated carbocycles. The number of aliphatic hydroxyl groups is 2. The summed E-state index contributed by atoms with van der Waals surface area (Å²) in [6.07, 6.45) is 2.71. The van der Waals surface area contributed by atoms with Crippen molar-refractivity contribution in [3.63, 3.8) is 0 Å². The highest BCUT2D eigenvalue weighted by Crippen LogP contribution is 2.59. The first-order chi connectivity index (χ1) is 8.80. The Morgan fingerprint density at radius 2 is 2.05 bits per heavy atom. The average Bonchev–Trinajstić information content (AvgIpc) is 2.56. The number of hydrogen-bond donors (Lipinski definition) is 2. The van der Waals surface area contributed by atoms with Crippen molar-refractivity contribution < 1.29 is 19.7 Å². The smallest absolute Gasteiger partial charge is 0.336 e. The van der Waals surface area contributed by atoms with Crippen LogP contribution in [0.2, 0.25) is 0 Å². The summed E-state index contributed by atoms with van der Waals surface area (Å²) in [6, 6.07) is 0. The molecular weight excluding hydrogens is 244 g/mol. The molecule has 0 radical (unpaired) electrons. The lowest BCUT2D eigenvalue weighted by atomic mass is 9.52. The van der Waals surface area contributed by atoms with Crippen LogP contribution < -0.4 is 0 Å². The zero-order valence-electron chi connectivity index (χ0n) is 11.8. The number of aliphatic hydroxyl groups excluding tert-OH is 1. The van der Waals surface area contributed by atoms with E-state index in [0.717, 1.165) is 19.3 Å². The first kappa shape index (κ1) is 13.1. The van der Waals surface area contributed by atoms with Crippen molar-refractivity contribution in [2.45, 2.75) is 58.3 Å². The molecule has 3 aliphatic rings. The Hall–Kier alpha value is -0.870. The minimum absolute atomic E-state index is 0.0105. The van der Waals surface area contributed by atoms with Crippen LogP contribution in [0.4, 0.5) is 0 Å². The normalized spacial score (nSPS) is 49.7. The largest absolute Gasteiger partial charge is 0.423 e. The summed E-state index contributed by atoms with van der Waals surface area (Å²) in [5.41, 5.74) is 1.01. The molecule has 0 aromatic rings. The summed E-state index contributed by atoms with van der Waals surface area (Å²) in [4.78, 5) is 11.7. The van der Waals surface area contributed by atoms with E-state index < -0.39 is 17.9 Å². The van der Waals surface area contributed by atoms with Gasteiger partial charge >= 0.3 is 5.97 Å². The molecule has 4 heteroatoms. The van der Waals surface area contributed by atoms with E-state index in [2.05, 4.69) is 13.8 Å². The number of hydrogen-bond acceptors (Lipinski definition) is 4. The molecule has 0 saturated heterocycles. The second kappa shape index (κ2) is 3.83. The highest BCUT2D eigenvalue weighted by molar-refractivity contribution is 5.92. The second-order valence-corrected chi connectivity index (χ2v) is 6.76. The van der Waals surface area contributed by atoms with Gasteiger partial charge < -0.3 is 14.9 Å². The zero-order valence-corrected chi connectivity index (χ0v) is 11.8. The number of rotatable bonds is 0. The van der Waals surface area contributed by atoms with E-state index in [1.165, 1.54) is 0 Å². The van der Waals surface area contributed by atoms with E-state index in [9.17, 15) is 15.0 Å². The van der Waals surface area contributed by atoms with Crippen LogP contribution in [0.15, 0.2) is 11.1 Å². The van der Waals surface area contributed by atoms with Crippen molar-refractivity contribution in [3.8, 4) is 0 Å². The molecule has 0 amide bonds. The minimum atomic E-state index is -1.78. The van der Waals surface area contributed by atoms with Crippen LogP contribution in [-0.4, -0.2) is 28.1 Å². The average molecular weight is 266 g/mol. The second-order valence-electron chi connectivity index (χ2n) is 6.76. The van der Waals surface area contributed by atoms with Crippen LogP contribution in [0.3, 0.4) is 0 Å². The fourth-order valence-corrected chi connectivity index (χ4v) is 4.32. The molecule has 0 aromatic heterocycles. The maximum Gasteiger partial charge on any atom is 0.336 e. The Bertz CT molecular complexity index is 469. The summed E-state index contributed by atoms with van der Waals surface area (Å²) >= 11 is 0. The lowest BCUT2D eigenvalue weighted by molar-refractivity contribution is -0.255. The highest BCUT2D eigenvalue weighted by Gasteiger charge is 2.62. The molecule has 0 unspecified atom stereocenters. The van der Waals surface area contributed by atoms with Crippen LogP contribution in [0.1, 0.15) is 46.5 Å². The van der Waals surface area contributed by atoms with E-state index in [-0.39, 0.29) is 11.3 Å². The predicted octanol–water partition coefficient (Wildman–Crippen LogP) is 1.76. The van der Waals surface area contributed by atoms with Crippen molar-refractivity contribution in [1.29, 1.82) is 0 Å². The van der Waals surface area contributed by atoms with Gasteiger partial charge in [-0.1, -0.05) is 26.7 Å². The van der Waals surface area contributed by atoms with Crippen LogP contribution in [0.5, 0.6) is 0 Å². The van der Waals surface area contributed by atoms with Crippen molar-refractivity contribution in [2.24, 2.45) is 17.3 Å². The maximum absolute atomic E-state index is 11.7. The maximum atomic E-state index is 11.7. The molecule has 1 aliphatic heterocycles. The van der Waals surface area contributed by atoms with Crippen molar-refractivity contribution in [3.05, 3.63) is 11.1 Å². The first-order valence-corrected chi connectivity index (χ1v) is 7.14. The van der Waals surface area contributed by atoms with E-state index in [1.54, 1.807) is 6.92 Å². The summed E-state index contributed by atoms with van der Waals surface area (Å²) < 4.78 is 5.10. The molecule has 2 fully saturated rings. The van der Waals surface area contributed by atoms with Crippen LogP contribution in [0.25, 0.3) is 0 Å². The summed E-state index contributed by atoms with van der Waals surface area (Å²) in [5, 5.41) is 21.2. The lowest BCUT2D eigenvalue weighted by Crippen LogP contribution is -2.60. The lowest BCUT2D eigenvalue weighted by Gasteiger charge is -2.55. The Morgan fingerprint density at radius 3 is 2.74 bits per heavy atom. The predicted molar refractivity (Wildman–Crippen MR) is 69.0 cm³/mol. The van der Waals surface area contributed by atoms with Crippen molar-refractivity contribution >= 4 is 5.97 Å². The van der Waals surface area contributed by atoms with Crippen molar-refractivity contribution in [1.82, 2.24) is 0 Å². The molecule has 2 N–H and O–H groups in total. The van der Waals surface area contributed by atoms with E-state index >= 15 is 0 Å². The Balaban J connectivity index is 2.09. The third kappa shape index (κ3) is 1.50. The van der Waals surface area contributed by atoms with Gasteiger partial charge in [-0.25, -0.2) is 4.79 Å². The molecule has 3 rings (SSSR count). The third-order valence-corrected chi connectivity index (χ3v) is 5.90. The van der Waals surface area contributed by atoms with Gasteiger partial charge in [0.15, 0.2) is 0 Å². The van der Waals surface area contributed by atoms with Crippen LogP contribution in [0, 0.1) is 17.3 Å². The molecule has 106 valence electrons. The number of fused-ring (bicyclic) bond motifs is 2. The van der Waals surface area contributed by atoms with Gasteiger partial charge in [0.1, 0.15) is 6.10 Å². The Labute approximate surface area is 113 Å². The molecule has 2 aliphatic carbocycles. The van der Waals surface area contributed by atoms with Gasteiger partial charge in [0, 0.05) is 11.1 Å². The molecular formula is C15H22O4. The van der Waals surface area contributed by atoms with Gasteiger partial charge in [0.2, 0.25) is 0 Å². The number of ether oxygens (including phenoxy) is 1. The SMILES string of the molecule is CC1=C2C[C@]3(C)[C@@H](C)CCC[C@H]3[C@@H](O)[C@@]2(O)OC1=O. The van der Waals surface area contributed by atoms with Gasteiger partial charge in [-0.2, -0.15) is 0 Å². The fourth-order valence-electron chi connectivity index (χ4n) is 4.32. The zero-order chi connectivity index (χ0) is 14.0. The Morgan fingerprint density at radius 1 is 1.37 bits per heavy atom. The standard InChI is InChI=1S/C15H22O4/c1-8-5-4-6-10-12(16)15(18)11(7-14(8,10)3)9(2)13(17)19-15/h8,10,12,16,18H,4-7H2,1-3H3/t8-,10-,12+,14+,15-/m0/s1. The van der Waals surface area contributed by atoms with E-state index in [0.29, 0.717) is 23.5 Å². The van der Waals surface area contributed by atoms with Crippen molar-refractivity contribution in [2.75, 3.05) is 0 Å². The number of carbonyl (C=O) groups excluding carboxylic acids is 1. The molecule has 0 aromatic carbocycles. The molecule has 0 bridgehead atoms. The molecule has 19 heavy (non-hydrogen) atoms. The third-order valence-electron chi connectivity index (χ3n) is 5.90. The quantitative estimate of drug-likeness (QED) is 0.656. The Kier molecular flexibility index (Phi) is 2.64. The van der Waals surface area contributed by atoms with Gasteiger partial charge in [-0.15, -0.1) is 0 Å². The molecule has 0 spiro atoms. The van der Waals surface area contributed by atoms with Crippen LogP contribution in [-0.2, 0) is 9.53 Å². The fraction of sp³-hybridized carbons (Fsp3) is 0.800. The molecule has 1 heterocycles. The molecule has 4 nitrogen and oxygen atoms in total. The topological polar surface area (TPSA) is 66.8 Å². The van der Waals surface area contributed by atoms with Gasteiger partial charge in [0.25, 0.3) is 5.79 Å². The summed E-state index contributed by atoms with van der Waals surface area (Å²) in [6.45, 7) is 6.06. The number of esters is 1. The van der Waals surface area contributed by atoms with Gasteiger partial charge in [-0.05, 0) is 37.0 Å². The highest BCUT2D eigenvalue weighted by atomic mass is 16.7. The van der Waals surface area contributed by atoms with Gasteiger partial charge in [0.05, 0.1) is 0 Å². The van der Waals surface area contributed by atoms with E-state index in [1.807, 2.05) is 0 Å². The van der Waals surface area contributed by atoms with Crippen LogP contribution >= 0.6 is 0 Å². The summed E-state index contributed by atoms with van der Waals surface area (Å²) in [5.74, 6) is -1.81.